The highest BCUT2D eigenvalue weighted by molar-refractivity contribution is 5.36. The molecule has 1 aromatic rings. The van der Waals surface area contributed by atoms with Gasteiger partial charge in [-0.3, -0.25) is 0 Å². The Balaban J connectivity index is 2.91. The van der Waals surface area contributed by atoms with E-state index in [2.05, 4.69) is 46.4 Å². The Kier molecular flexibility index (Phi) is 7.19. The van der Waals surface area contributed by atoms with Crippen LogP contribution < -0.4 is 15.4 Å². The predicted octanol–water partition coefficient (Wildman–Crippen LogP) is 3.33. The highest BCUT2D eigenvalue weighted by Crippen LogP contribution is 2.18. The second-order valence-electron chi connectivity index (χ2n) is 5.47. The Bertz CT molecular complexity index is 421. The highest BCUT2D eigenvalue weighted by atomic mass is 16.5. The van der Waals surface area contributed by atoms with E-state index in [1.54, 1.807) is 0 Å². The topological polar surface area (TPSA) is 72.0 Å². The van der Waals surface area contributed by atoms with E-state index in [1.807, 2.05) is 20.8 Å². The zero-order chi connectivity index (χ0) is 15.8. The summed E-state index contributed by atoms with van der Waals surface area (Å²) in [6.45, 7) is 13.2. The molecule has 0 aliphatic rings. The molecule has 1 heterocycles. The Labute approximate surface area is 128 Å². The van der Waals surface area contributed by atoms with Gasteiger partial charge in [0.15, 0.2) is 0 Å². The second kappa shape index (κ2) is 8.64. The molecule has 1 unspecified atom stereocenters. The largest absolute Gasteiger partial charge is 0.461 e. The molecule has 0 fully saturated rings. The molecule has 1 rings (SSSR count). The van der Waals surface area contributed by atoms with E-state index in [0.29, 0.717) is 29.9 Å². The first-order chi connectivity index (χ1) is 9.99. The maximum Gasteiger partial charge on any atom is 0.323 e. The third-order valence-corrected chi connectivity index (χ3v) is 3.40. The van der Waals surface area contributed by atoms with Crippen LogP contribution in [0.1, 0.15) is 54.4 Å². The van der Waals surface area contributed by atoms with Gasteiger partial charge in [-0.1, -0.05) is 26.7 Å². The first-order valence-corrected chi connectivity index (χ1v) is 7.93. The number of anilines is 2. The molecule has 1 aromatic heterocycles. The van der Waals surface area contributed by atoms with E-state index in [-0.39, 0.29) is 6.10 Å². The minimum Gasteiger partial charge on any atom is -0.461 e. The van der Waals surface area contributed by atoms with Crippen LogP contribution in [0.25, 0.3) is 0 Å². The second-order valence-corrected chi connectivity index (χ2v) is 5.47. The van der Waals surface area contributed by atoms with Gasteiger partial charge in [0.1, 0.15) is 0 Å². The van der Waals surface area contributed by atoms with E-state index in [0.717, 1.165) is 19.4 Å². The summed E-state index contributed by atoms with van der Waals surface area (Å²) in [7, 11) is 0. The van der Waals surface area contributed by atoms with Gasteiger partial charge in [-0.25, -0.2) is 0 Å². The molecule has 0 aliphatic heterocycles. The van der Waals surface area contributed by atoms with Gasteiger partial charge in [-0.05, 0) is 33.6 Å². The van der Waals surface area contributed by atoms with Crippen molar-refractivity contribution < 1.29 is 4.74 Å². The molecule has 120 valence electrons. The molecule has 6 heteroatoms. The van der Waals surface area contributed by atoms with Crippen molar-refractivity contribution in [1.29, 1.82) is 0 Å². The van der Waals surface area contributed by atoms with Crippen LogP contribution in [-0.2, 0) is 0 Å². The molecule has 21 heavy (non-hydrogen) atoms. The molecule has 0 bridgehead atoms. The molecule has 0 aliphatic carbocycles. The van der Waals surface area contributed by atoms with E-state index in [1.165, 1.54) is 0 Å². The quantitative estimate of drug-likeness (QED) is 0.728. The van der Waals surface area contributed by atoms with Crippen LogP contribution in [0.4, 0.5) is 11.9 Å². The van der Waals surface area contributed by atoms with Gasteiger partial charge in [0.2, 0.25) is 11.9 Å². The molecule has 0 aromatic carbocycles. The maximum atomic E-state index is 5.59. The van der Waals surface area contributed by atoms with Gasteiger partial charge in [-0.15, -0.1) is 0 Å². The Hall–Kier alpha value is -1.59. The van der Waals surface area contributed by atoms with Crippen molar-refractivity contribution in [3.8, 4) is 6.01 Å². The third-order valence-electron chi connectivity index (χ3n) is 3.40. The number of hydrogen-bond acceptors (Lipinski definition) is 6. The van der Waals surface area contributed by atoms with Crippen molar-refractivity contribution >= 4 is 11.9 Å². The normalized spacial score (nSPS) is 12.6. The molecular weight excluding hydrogens is 266 g/mol. The molecule has 0 radical (unpaired) electrons. The molecule has 0 saturated carbocycles. The monoisotopic (exact) mass is 295 g/mol. The van der Waals surface area contributed by atoms with E-state index in [9.17, 15) is 0 Å². The van der Waals surface area contributed by atoms with Crippen molar-refractivity contribution in [3.63, 3.8) is 0 Å². The highest BCUT2D eigenvalue weighted by Gasteiger charge is 2.16. The fourth-order valence-corrected chi connectivity index (χ4v) is 2.24. The number of rotatable bonds is 9. The van der Waals surface area contributed by atoms with Crippen LogP contribution in [0.5, 0.6) is 6.01 Å². The summed E-state index contributed by atoms with van der Waals surface area (Å²) < 4.78 is 5.59. The zero-order valence-corrected chi connectivity index (χ0v) is 14.1. The minimum atomic E-state index is 0.0335. The number of aromatic nitrogens is 3. The van der Waals surface area contributed by atoms with Crippen molar-refractivity contribution in [2.45, 2.75) is 66.5 Å². The molecule has 0 spiro atoms. The van der Waals surface area contributed by atoms with Gasteiger partial charge < -0.3 is 15.4 Å². The van der Waals surface area contributed by atoms with Crippen LogP contribution in [0.2, 0.25) is 0 Å². The lowest BCUT2D eigenvalue weighted by molar-refractivity contribution is 0.222. The summed E-state index contributed by atoms with van der Waals surface area (Å²) in [6, 6.07) is 0.666. The van der Waals surface area contributed by atoms with Crippen LogP contribution >= 0.6 is 0 Å². The van der Waals surface area contributed by atoms with Crippen molar-refractivity contribution in [3.05, 3.63) is 0 Å². The summed E-state index contributed by atoms with van der Waals surface area (Å²) in [5.41, 5.74) is 0. The Morgan fingerprint density at radius 2 is 1.57 bits per heavy atom. The summed E-state index contributed by atoms with van der Waals surface area (Å²) in [4.78, 5) is 13.0. The minimum absolute atomic E-state index is 0.0335. The number of ether oxygens (including phenoxy) is 1. The van der Waals surface area contributed by atoms with Gasteiger partial charge in [0.05, 0.1) is 6.10 Å². The lowest BCUT2D eigenvalue weighted by atomic mass is 9.96. The zero-order valence-electron chi connectivity index (χ0n) is 14.1. The molecule has 0 saturated heterocycles. The predicted molar refractivity (Wildman–Crippen MR) is 86.9 cm³/mol. The summed E-state index contributed by atoms with van der Waals surface area (Å²) in [6.07, 6.45) is 2.29. The lowest BCUT2D eigenvalue weighted by Gasteiger charge is -2.22. The fourth-order valence-electron chi connectivity index (χ4n) is 2.24. The number of hydrogen-bond donors (Lipinski definition) is 2. The molecule has 2 N–H and O–H groups in total. The molecular formula is C15H29N5O. The standard InChI is InChI=1S/C15H29N5O/c1-7-12(8-2)11(6)17-14-18-13(16-9-3)19-15(20-14)21-10(4)5/h10-12H,7-9H2,1-6H3,(H2,16,17,18,19,20). The summed E-state index contributed by atoms with van der Waals surface area (Å²) in [5.74, 6) is 1.71. The Morgan fingerprint density at radius 3 is 2.10 bits per heavy atom. The molecule has 6 nitrogen and oxygen atoms in total. The number of nitrogens with zero attached hydrogens (tertiary/aromatic N) is 3. The smallest absolute Gasteiger partial charge is 0.323 e. The van der Waals surface area contributed by atoms with Crippen molar-refractivity contribution in [2.24, 2.45) is 5.92 Å². The van der Waals surface area contributed by atoms with Crippen LogP contribution in [0, 0.1) is 5.92 Å². The average Bonchev–Trinajstić information content (AvgIpc) is 2.39. The fraction of sp³-hybridized carbons (Fsp3) is 0.800. The maximum absolute atomic E-state index is 5.59. The SMILES string of the molecule is CCNc1nc(NC(C)C(CC)CC)nc(OC(C)C)n1. The molecule has 1 atom stereocenters. The van der Waals surface area contributed by atoms with E-state index < -0.39 is 0 Å². The van der Waals surface area contributed by atoms with Gasteiger partial charge in [0, 0.05) is 12.6 Å². The third kappa shape index (κ3) is 5.73. The Morgan fingerprint density at radius 1 is 0.952 bits per heavy atom. The van der Waals surface area contributed by atoms with Crippen molar-refractivity contribution in [1.82, 2.24) is 15.0 Å². The van der Waals surface area contributed by atoms with Crippen LogP contribution in [0.15, 0.2) is 0 Å². The van der Waals surface area contributed by atoms with Gasteiger partial charge >= 0.3 is 6.01 Å². The summed E-state index contributed by atoms with van der Waals surface area (Å²) in [5, 5.41) is 6.48. The van der Waals surface area contributed by atoms with E-state index >= 15 is 0 Å². The summed E-state index contributed by atoms with van der Waals surface area (Å²) >= 11 is 0. The number of nitrogens with one attached hydrogen (secondary N) is 2. The average molecular weight is 295 g/mol. The first kappa shape index (κ1) is 17.5. The van der Waals surface area contributed by atoms with Crippen LogP contribution in [-0.4, -0.2) is 33.6 Å². The molecule has 0 amide bonds. The van der Waals surface area contributed by atoms with Crippen LogP contribution in [0.3, 0.4) is 0 Å². The van der Waals surface area contributed by atoms with Gasteiger partial charge in [0.25, 0.3) is 0 Å². The first-order valence-electron chi connectivity index (χ1n) is 7.93. The van der Waals surface area contributed by atoms with E-state index in [4.69, 9.17) is 4.74 Å². The van der Waals surface area contributed by atoms with Crippen molar-refractivity contribution in [2.75, 3.05) is 17.2 Å². The van der Waals surface area contributed by atoms with Gasteiger partial charge in [-0.2, -0.15) is 15.0 Å². The lowest BCUT2D eigenvalue weighted by Crippen LogP contribution is -2.26.